The van der Waals surface area contributed by atoms with Crippen LogP contribution in [-0.4, -0.2) is 54.0 Å². The summed E-state index contributed by atoms with van der Waals surface area (Å²) >= 11 is 3.39. The largest absolute Gasteiger partial charge is 0.452 e. The highest BCUT2D eigenvalue weighted by Gasteiger charge is 2.21. The number of ether oxygens (including phenoxy) is 1. The van der Waals surface area contributed by atoms with E-state index in [1.54, 1.807) is 6.20 Å². The van der Waals surface area contributed by atoms with Gasteiger partial charge in [0, 0.05) is 40.7 Å². The summed E-state index contributed by atoms with van der Waals surface area (Å²) in [6, 6.07) is 5.79. The molecule has 0 atom stereocenters. The number of hydrogen-bond donors (Lipinski definition) is 2. The summed E-state index contributed by atoms with van der Waals surface area (Å²) in [5.41, 5.74) is 1.28. The van der Waals surface area contributed by atoms with Gasteiger partial charge in [0.15, 0.2) is 6.61 Å². The zero-order valence-corrected chi connectivity index (χ0v) is 15.8. The molecule has 2 heterocycles. The van der Waals surface area contributed by atoms with E-state index in [2.05, 4.69) is 38.1 Å². The second kappa shape index (κ2) is 8.01. The average Bonchev–Trinajstić information content (AvgIpc) is 3.03. The molecule has 3 rings (SSSR count). The molecule has 1 fully saturated rings. The van der Waals surface area contributed by atoms with E-state index < -0.39 is 5.97 Å². The second-order valence-corrected chi connectivity index (χ2v) is 7.16. The molecule has 0 aliphatic carbocycles. The number of hydrogen-bond acceptors (Lipinski definition) is 4. The fraction of sp³-hybridized carbons (Fsp3) is 0.444. The van der Waals surface area contributed by atoms with Crippen molar-refractivity contribution in [2.45, 2.75) is 25.8 Å². The van der Waals surface area contributed by atoms with Crippen molar-refractivity contribution in [3.63, 3.8) is 0 Å². The van der Waals surface area contributed by atoms with E-state index in [4.69, 9.17) is 4.74 Å². The summed E-state index contributed by atoms with van der Waals surface area (Å²) in [5.74, 6) is -0.746. The smallest absolute Gasteiger partial charge is 0.340 e. The quantitative estimate of drug-likeness (QED) is 0.747. The molecule has 0 unspecified atom stereocenters. The third kappa shape index (κ3) is 4.41. The molecular formula is C18H22BrN3O3. The van der Waals surface area contributed by atoms with Crippen LogP contribution in [0.15, 0.2) is 28.9 Å². The third-order valence-corrected chi connectivity index (χ3v) is 5.09. The van der Waals surface area contributed by atoms with Crippen LogP contribution in [0, 0.1) is 0 Å². The van der Waals surface area contributed by atoms with E-state index in [-0.39, 0.29) is 18.6 Å². The predicted molar refractivity (Wildman–Crippen MR) is 99.6 cm³/mol. The molecular weight excluding hydrogens is 386 g/mol. The molecule has 1 aliphatic rings. The number of carbonyl (C=O) groups is 2. The van der Waals surface area contributed by atoms with Gasteiger partial charge in [0.25, 0.3) is 5.91 Å². The van der Waals surface area contributed by atoms with Crippen LogP contribution in [0.25, 0.3) is 10.9 Å². The topological polar surface area (TPSA) is 74.4 Å². The Morgan fingerprint density at radius 1 is 1.36 bits per heavy atom. The van der Waals surface area contributed by atoms with Gasteiger partial charge in [-0.15, -0.1) is 0 Å². The molecule has 0 spiro atoms. The molecule has 1 aromatic heterocycles. The Kier molecular flexibility index (Phi) is 5.75. The number of H-pyrrole nitrogens is 1. The highest BCUT2D eigenvalue weighted by atomic mass is 79.9. The lowest BCUT2D eigenvalue weighted by Gasteiger charge is -2.31. The molecule has 2 N–H and O–H groups in total. The van der Waals surface area contributed by atoms with E-state index in [1.165, 1.54) is 0 Å². The Morgan fingerprint density at radius 2 is 2.12 bits per heavy atom. The summed E-state index contributed by atoms with van der Waals surface area (Å²) in [4.78, 5) is 29.7. The Hall–Kier alpha value is -1.86. The fourth-order valence-electron chi connectivity index (χ4n) is 3.13. The predicted octanol–water partition coefficient (Wildman–Crippen LogP) is 2.69. The van der Waals surface area contributed by atoms with E-state index in [0.29, 0.717) is 5.56 Å². The summed E-state index contributed by atoms with van der Waals surface area (Å²) in [6.45, 7) is 4.91. The summed E-state index contributed by atoms with van der Waals surface area (Å²) in [7, 11) is 0. The fourth-order valence-corrected chi connectivity index (χ4v) is 3.49. The maximum Gasteiger partial charge on any atom is 0.340 e. The zero-order valence-electron chi connectivity index (χ0n) is 14.2. The molecule has 7 heteroatoms. The molecule has 0 saturated carbocycles. The van der Waals surface area contributed by atoms with Gasteiger partial charge in [0.2, 0.25) is 0 Å². The number of aromatic nitrogens is 1. The molecule has 1 aliphatic heterocycles. The lowest BCUT2D eigenvalue weighted by Crippen LogP contribution is -2.45. The Balaban J connectivity index is 1.51. The van der Waals surface area contributed by atoms with Crippen molar-refractivity contribution >= 4 is 38.7 Å². The molecule has 25 heavy (non-hydrogen) atoms. The van der Waals surface area contributed by atoms with Crippen LogP contribution >= 0.6 is 15.9 Å². The number of halogens is 1. The molecule has 2 aromatic rings. The summed E-state index contributed by atoms with van der Waals surface area (Å²) in [5, 5.41) is 3.72. The molecule has 1 aromatic carbocycles. The zero-order chi connectivity index (χ0) is 17.8. The van der Waals surface area contributed by atoms with Crippen molar-refractivity contribution in [2.24, 2.45) is 0 Å². The minimum Gasteiger partial charge on any atom is -0.452 e. The van der Waals surface area contributed by atoms with Gasteiger partial charge in [0.1, 0.15) is 0 Å². The minimum atomic E-state index is -0.500. The van der Waals surface area contributed by atoms with Gasteiger partial charge in [-0.3, -0.25) is 4.79 Å². The SMILES string of the molecule is CCN1CCC(NC(=O)COC(=O)c2c[nH]c3ccc(Br)cc23)CC1. The number of benzene rings is 1. The Labute approximate surface area is 155 Å². The van der Waals surface area contributed by atoms with Gasteiger partial charge in [-0.05, 0) is 37.6 Å². The standard InChI is InChI=1S/C18H22BrN3O3/c1-2-22-7-5-13(6-8-22)21-17(23)11-25-18(24)15-10-20-16-4-3-12(19)9-14(15)16/h3-4,9-10,13,20H,2,5-8,11H2,1H3,(H,21,23). The summed E-state index contributed by atoms with van der Waals surface area (Å²) in [6.07, 6.45) is 3.48. The van der Waals surface area contributed by atoms with Gasteiger partial charge >= 0.3 is 5.97 Å². The van der Waals surface area contributed by atoms with Crippen molar-refractivity contribution < 1.29 is 14.3 Å². The lowest BCUT2D eigenvalue weighted by molar-refractivity contribution is -0.125. The van der Waals surface area contributed by atoms with Gasteiger partial charge in [-0.25, -0.2) is 4.79 Å². The average molecular weight is 408 g/mol. The van der Waals surface area contributed by atoms with Crippen molar-refractivity contribution in [1.29, 1.82) is 0 Å². The molecule has 134 valence electrons. The van der Waals surface area contributed by atoms with E-state index >= 15 is 0 Å². The van der Waals surface area contributed by atoms with Crippen LogP contribution in [0.4, 0.5) is 0 Å². The minimum absolute atomic E-state index is 0.165. The van der Waals surface area contributed by atoms with Crippen LogP contribution in [-0.2, 0) is 9.53 Å². The van der Waals surface area contributed by atoms with Gasteiger partial charge in [0.05, 0.1) is 5.56 Å². The van der Waals surface area contributed by atoms with Gasteiger partial charge < -0.3 is 19.9 Å². The van der Waals surface area contributed by atoms with E-state index in [1.807, 2.05) is 18.2 Å². The van der Waals surface area contributed by atoms with Gasteiger partial charge in [-0.2, -0.15) is 0 Å². The lowest BCUT2D eigenvalue weighted by atomic mass is 10.1. The molecule has 6 nitrogen and oxygen atoms in total. The van der Waals surface area contributed by atoms with Crippen molar-refractivity contribution in [3.8, 4) is 0 Å². The maximum absolute atomic E-state index is 12.3. The first-order valence-electron chi connectivity index (χ1n) is 8.52. The third-order valence-electron chi connectivity index (χ3n) is 4.60. The number of fused-ring (bicyclic) bond motifs is 1. The second-order valence-electron chi connectivity index (χ2n) is 6.24. The summed E-state index contributed by atoms with van der Waals surface area (Å²) < 4.78 is 6.06. The number of nitrogens with zero attached hydrogens (tertiary/aromatic N) is 1. The van der Waals surface area contributed by atoms with Crippen LogP contribution in [0.1, 0.15) is 30.1 Å². The van der Waals surface area contributed by atoms with Crippen molar-refractivity contribution in [3.05, 3.63) is 34.4 Å². The van der Waals surface area contributed by atoms with Crippen LogP contribution < -0.4 is 5.32 Å². The number of carbonyl (C=O) groups excluding carboxylic acids is 2. The molecule has 0 bridgehead atoms. The van der Waals surface area contributed by atoms with Crippen LogP contribution in [0.2, 0.25) is 0 Å². The highest BCUT2D eigenvalue weighted by molar-refractivity contribution is 9.10. The van der Waals surface area contributed by atoms with Crippen molar-refractivity contribution in [2.75, 3.05) is 26.2 Å². The number of amides is 1. The number of piperidine rings is 1. The van der Waals surface area contributed by atoms with Crippen LogP contribution in [0.3, 0.4) is 0 Å². The normalized spacial score (nSPS) is 16.1. The van der Waals surface area contributed by atoms with E-state index in [0.717, 1.165) is 47.9 Å². The highest BCUT2D eigenvalue weighted by Crippen LogP contribution is 2.23. The van der Waals surface area contributed by atoms with Crippen LogP contribution in [0.5, 0.6) is 0 Å². The number of esters is 1. The van der Waals surface area contributed by atoms with Gasteiger partial charge in [-0.1, -0.05) is 22.9 Å². The van der Waals surface area contributed by atoms with E-state index in [9.17, 15) is 9.59 Å². The Bertz CT molecular complexity index is 766. The maximum atomic E-state index is 12.3. The van der Waals surface area contributed by atoms with Crippen molar-refractivity contribution in [1.82, 2.24) is 15.2 Å². The number of nitrogens with one attached hydrogen (secondary N) is 2. The first-order valence-corrected chi connectivity index (χ1v) is 9.31. The number of rotatable bonds is 5. The monoisotopic (exact) mass is 407 g/mol. The first kappa shape index (κ1) is 17.9. The first-order chi connectivity index (χ1) is 12.1. The molecule has 0 radical (unpaired) electrons. The Morgan fingerprint density at radius 3 is 2.84 bits per heavy atom. The molecule has 1 amide bonds. The molecule has 1 saturated heterocycles. The number of aromatic amines is 1. The number of likely N-dealkylation sites (tertiary alicyclic amines) is 1.